The lowest BCUT2D eigenvalue weighted by Gasteiger charge is -2.39. The Balaban J connectivity index is 2.12. The molecule has 1 aromatic rings. The molecule has 0 radical (unpaired) electrons. The zero-order valence-electron chi connectivity index (χ0n) is 11.2. The summed E-state index contributed by atoms with van der Waals surface area (Å²) in [6, 6.07) is 6.98. The Hall–Kier alpha value is -0.580. The van der Waals surface area contributed by atoms with Crippen LogP contribution in [0.2, 0.25) is 0 Å². The van der Waals surface area contributed by atoms with Gasteiger partial charge in [0.2, 0.25) is 0 Å². The van der Waals surface area contributed by atoms with Crippen LogP contribution in [0.3, 0.4) is 0 Å². The van der Waals surface area contributed by atoms with Crippen molar-refractivity contribution >= 4 is 21.6 Å². The molecule has 1 saturated heterocycles. The standard InChI is InChI=1S/C14H22BrN3/c1-11(2)17-6-8-18(9-7-17)14-5-3-4-13(15)12(14)10-16/h3-5,11H,6-10,16H2,1-2H3. The van der Waals surface area contributed by atoms with Crippen LogP contribution >= 0.6 is 15.9 Å². The molecule has 4 heteroatoms. The molecule has 1 heterocycles. The first-order valence-electron chi connectivity index (χ1n) is 6.60. The van der Waals surface area contributed by atoms with Gasteiger partial charge in [0.05, 0.1) is 0 Å². The minimum absolute atomic E-state index is 0.584. The molecule has 0 amide bonds. The Kier molecular flexibility index (Phi) is 4.65. The van der Waals surface area contributed by atoms with E-state index < -0.39 is 0 Å². The smallest absolute Gasteiger partial charge is 0.0424 e. The van der Waals surface area contributed by atoms with Crippen molar-refractivity contribution < 1.29 is 0 Å². The average Bonchev–Trinajstić information content (AvgIpc) is 2.38. The summed E-state index contributed by atoms with van der Waals surface area (Å²) in [7, 11) is 0. The molecule has 0 aliphatic carbocycles. The lowest BCUT2D eigenvalue weighted by Crippen LogP contribution is -2.49. The van der Waals surface area contributed by atoms with Crippen LogP contribution in [0.4, 0.5) is 5.69 Å². The molecule has 1 aliphatic heterocycles. The van der Waals surface area contributed by atoms with Crippen molar-refractivity contribution in [2.45, 2.75) is 26.4 Å². The highest BCUT2D eigenvalue weighted by Crippen LogP contribution is 2.28. The third-order valence-corrected chi connectivity index (χ3v) is 4.43. The van der Waals surface area contributed by atoms with Crippen molar-refractivity contribution in [2.75, 3.05) is 31.1 Å². The second kappa shape index (κ2) is 6.04. The molecule has 100 valence electrons. The fourth-order valence-electron chi connectivity index (χ4n) is 2.52. The second-order valence-electron chi connectivity index (χ2n) is 5.06. The van der Waals surface area contributed by atoms with Crippen LogP contribution in [0.1, 0.15) is 19.4 Å². The van der Waals surface area contributed by atoms with Gasteiger partial charge in [0.25, 0.3) is 0 Å². The SMILES string of the molecule is CC(C)N1CCN(c2cccc(Br)c2CN)CC1. The molecule has 2 N–H and O–H groups in total. The van der Waals surface area contributed by atoms with Crippen molar-refractivity contribution in [1.82, 2.24) is 4.90 Å². The molecule has 0 bridgehead atoms. The number of nitrogens with zero attached hydrogens (tertiary/aromatic N) is 2. The van der Waals surface area contributed by atoms with Crippen LogP contribution in [0, 0.1) is 0 Å². The second-order valence-corrected chi connectivity index (χ2v) is 5.91. The summed E-state index contributed by atoms with van der Waals surface area (Å²) in [5.74, 6) is 0. The Morgan fingerprint density at radius 1 is 1.22 bits per heavy atom. The first-order chi connectivity index (χ1) is 8.63. The topological polar surface area (TPSA) is 32.5 Å². The summed E-state index contributed by atoms with van der Waals surface area (Å²) in [6.45, 7) is 9.55. The highest BCUT2D eigenvalue weighted by atomic mass is 79.9. The van der Waals surface area contributed by atoms with Gasteiger partial charge in [-0.25, -0.2) is 0 Å². The van der Waals surface area contributed by atoms with Crippen molar-refractivity contribution in [3.8, 4) is 0 Å². The number of anilines is 1. The molecule has 0 aromatic heterocycles. The quantitative estimate of drug-likeness (QED) is 0.930. The van der Waals surface area contributed by atoms with E-state index in [4.69, 9.17) is 5.73 Å². The molecule has 18 heavy (non-hydrogen) atoms. The van der Waals surface area contributed by atoms with Crippen molar-refractivity contribution in [3.05, 3.63) is 28.2 Å². The van der Waals surface area contributed by atoms with E-state index >= 15 is 0 Å². The number of nitrogens with two attached hydrogens (primary N) is 1. The monoisotopic (exact) mass is 311 g/mol. The number of hydrogen-bond donors (Lipinski definition) is 1. The zero-order chi connectivity index (χ0) is 13.1. The number of halogens is 1. The van der Waals surface area contributed by atoms with E-state index in [0.29, 0.717) is 12.6 Å². The third kappa shape index (κ3) is 2.87. The predicted octanol–water partition coefficient (Wildman–Crippen LogP) is 2.44. The van der Waals surface area contributed by atoms with Crippen LogP contribution in [0.25, 0.3) is 0 Å². The molecule has 0 spiro atoms. The van der Waals surface area contributed by atoms with E-state index in [-0.39, 0.29) is 0 Å². The van der Waals surface area contributed by atoms with Gasteiger partial charge in [0.15, 0.2) is 0 Å². The van der Waals surface area contributed by atoms with Gasteiger partial charge >= 0.3 is 0 Å². The largest absolute Gasteiger partial charge is 0.369 e. The van der Waals surface area contributed by atoms with Gasteiger partial charge in [-0.15, -0.1) is 0 Å². The average molecular weight is 312 g/mol. The normalized spacial score (nSPS) is 17.5. The van der Waals surface area contributed by atoms with Crippen molar-refractivity contribution in [1.29, 1.82) is 0 Å². The highest BCUT2D eigenvalue weighted by Gasteiger charge is 2.20. The zero-order valence-corrected chi connectivity index (χ0v) is 12.8. The van der Waals surface area contributed by atoms with E-state index in [1.807, 2.05) is 0 Å². The van der Waals surface area contributed by atoms with Crippen molar-refractivity contribution in [2.24, 2.45) is 5.73 Å². The highest BCUT2D eigenvalue weighted by molar-refractivity contribution is 9.10. The van der Waals surface area contributed by atoms with Crippen molar-refractivity contribution in [3.63, 3.8) is 0 Å². The molecule has 3 nitrogen and oxygen atoms in total. The number of hydrogen-bond acceptors (Lipinski definition) is 3. The molecular formula is C14H22BrN3. The maximum Gasteiger partial charge on any atom is 0.0424 e. The maximum absolute atomic E-state index is 5.87. The maximum atomic E-state index is 5.87. The minimum Gasteiger partial charge on any atom is -0.369 e. The molecule has 1 aromatic carbocycles. The first kappa shape index (κ1) is 13.8. The van der Waals surface area contributed by atoms with E-state index in [0.717, 1.165) is 30.7 Å². The van der Waals surface area contributed by atoms with E-state index in [2.05, 4.69) is 57.8 Å². The number of rotatable bonds is 3. The number of piperazine rings is 1. The molecule has 2 rings (SSSR count). The molecule has 0 unspecified atom stereocenters. The van der Waals surface area contributed by atoms with E-state index in [1.165, 1.54) is 11.3 Å². The van der Waals surface area contributed by atoms with Gasteiger partial charge in [-0.3, -0.25) is 4.90 Å². The summed E-state index contributed by atoms with van der Waals surface area (Å²) in [5.41, 5.74) is 8.37. The van der Waals surface area contributed by atoms with Gasteiger partial charge in [-0.2, -0.15) is 0 Å². The summed E-state index contributed by atoms with van der Waals surface area (Å²) >= 11 is 3.59. The van der Waals surface area contributed by atoms with Gasteiger partial charge in [-0.05, 0) is 26.0 Å². The Labute approximate surface area is 118 Å². The molecule has 0 atom stereocenters. The molecule has 1 fully saturated rings. The lowest BCUT2D eigenvalue weighted by atomic mass is 10.1. The fourth-order valence-corrected chi connectivity index (χ4v) is 3.04. The first-order valence-corrected chi connectivity index (χ1v) is 7.39. The van der Waals surface area contributed by atoms with Crippen LogP contribution in [0.5, 0.6) is 0 Å². The van der Waals surface area contributed by atoms with Gasteiger partial charge in [0, 0.05) is 54.5 Å². The molecular weight excluding hydrogens is 290 g/mol. The third-order valence-electron chi connectivity index (χ3n) is 3.68. The van der Waals surface area contributed by atoms with Crippen LogP contribution < -0.4 is 10.6 Å². The summed E-state index contributed by atoms with van der Waals surface area (Å²) in [5, 5.41) is 0. The van der Waals surface area contributed by atoms with Crippen LogP contribution in [-0.2, 0) is 6.54 Å². The van der Waals surface area contributed by atoms with Gasteiger partial charge in [-0.1, -0.05) is 22.0 Å². The molecule has 0 saturated carbocycles. The Morgan fingerprint density at radius 2 is 1.89 bits per heavy atom. The van der Waals surface area contributed by atoms with E-state index in [9.17, 15) is 0 Å². The summed E-state index contributed by atoms with van der Waals surface area (Å²) < 4.78 is 1.12. The predicted molar refractivity (Wildman–Crippen MR) is 81.0 cm³/mol. The summed E-state index contributed by atoms with van der Waals surface area (Å²) in [4.78, 5) is 4.97. The molecule has 1 aliphatic rings. The Morgan fingerprint density at radius 3 is 2.44 bits per heavy atom. The van der Waals surface area contributed by atoms with Gasteiger partial charge < -0.3 is 10.6 Å². The van der Waals surface area contributed by atoms with E-state index in [1.54, 1.807) is 0 Å². The van der Waals surface area contributed by atoms with Crippen LogP contribution in [0.15, 0.2) is 22.7 Å². The fraction of sp³-hybridized carbons (Fsp3) is 0.571. The Bertz CT molecular complexity index is 398. The summed E-state index contributed by atoms with van der Waals surface area (Å²) in [6.07, 6.45) is 0. The van der Waals surface area contributed by atoms with Crippen LogP contribution in [-0.4, -0.2) is 37.1 Å². The minimum atomic E-state index is 0.584. The number of benzene rings is 1. The lowest BCUT2D eigenvalue weighted by molar-refractivity contribution is 0.209. The van der Waals surface area contributed by atoms with Gasteiger partial charge in [0.1, 0.15) is 0 Å².